The Morgan fingerprint density at radius 2 is 1.50 bits per heavy atom. The van der Waals surface area contributed by atoms with Crippen molar-refractivity contribution in [3.05, 3.63) is 27.2 Å². The van der Waals surface area contributed by atoms with Gasteiger partial charge in [-0.3, -0.25) is 0 Å². The standard InChI is InChI=1S/C16H25BrO/c1-10-12(17)9-11(15(2,3)4)14(18-8)13(10)16(5,6)7/h9H,1-8H3. The largest absolute Gasteiger partial charge is 0.496 e. The SMILES string of the molecule is COc1c(C(C)(C)C)cc(Br)c(C)c1C(C)(C)C. The zero-order valence-corrected chi connectivity index (χ0v) is 14.4. The van der Waals surface area contributed by atoms with E-state index in [2.05, 4.69) is 70.5 Å². The van der Waals surface area contributed by atoms with Crippen LogP contribution in [0.4, 0.5) is 0 Å². The lowest BCUT2D eigenvalue weighted by atomic mass is 9.77. The van der Waals surface area contributed by atoms with Gasteiger partial charge in [-0.05, 0) is 29.4 Å². The molecule has 0 bridgehead atoms. The maximum Gasteiger partial charge on any atom is 0.126 e. The summed E-state index contributed by atoms with van der Waals surface area (Å²) in [6.07, 6.45) is 0. The van der Waals surface area contributed by atoms with Gasteiger partial charge in [0.2, 0.25) is 0 Å². The molecule has 0 saturated carbocycles. The topological polar surface area (TPSA) is 9.23 Å². The second kappa shape index (κ2) is 4.88. The van der Waals surface area contributed by atoms with E-state index in [1.54, 1.807) is 7.11 Å². The monoisotopic (exact) mass is 312 g/mol. The molecule has 0 fully saturated rings. The molecule has 0 unspecified atom stereocenters. The Morgan fingerprint density at radius 3 is 1.83 bits per heavy atom. The number of ether oxygens (including phenoxy) is 1. The van der Waals surface area contributed by atoms with Crippen LogP contribution in [0.3, 0.4) is 0 Å². The van der Waals surface area contributed by atoms with Crippen LogP contribution in [0.2, 0.25) is 0 Å². The first-order chi connectivity index (χ1) is 8.00. The molecule has 18 heavy (non-hydrogen) atoms. The Balaban J connectivity index is 3.74. The van der Waals surface area contributed by atoms with Gasteiger partial charge in [0.25, 0.3) is 0 Å². The maximum absolute atomic E-state index is 5.74. The zero-order valence-electron chi connectivity index (χ0n) is 12.9. The van der Waals surface area contributed by atoms with E-state index in [0.717, 1.165) is 10.2 Å². The van der Waals surface area contributed by atoms with Crippen LogP contribution in [0.15, 0.2) is 10.5 Å². The normalized spacial score (nSPS) is 12.7. The Hall–Kier alpha value is -0.500. The summed E-state index contributed by atoms with van der Waals surface area (Å²) in [5, 5.41) is 0. The third-order valence-electron chi connectivity index (χ3n) is 3.24. The van der Waals surface area contributed by atoms with Gasteiger partial charge < -0.3 is 4.74 Å². The van der Waals surface area contributed by atoms with Gasteiger partial charge >= 0.3 is 0 Å². The van der Waals surface area contributed by atoms with Crippen LogP contribution in [0, 0.1) is 6.92 Å². The van der Waals surface area contributed by atoms with Crippen molar-refractivity contribution in [3.63, 3.8) is 0 Å². The summed E-state index contributed by atoms with van der Waals surface area (Å²) in [6, 6.07) is 2.20. The van der Waals surface area contributed by atoms with E-state index >= 15 is 0 Å². The first-order valence-electron chi connectivity index (χ1n) is 6.38. The van der Waals surface area contributed by atoms with Gasteiger partial charge in [0.15, 0.2) is 0 Å². The van der Waals surface area contributed by atoms with E-state index in [-0.39, 0.29) is 10.8 Å². The summed E-state index contributed by atoms with van der Waals surface area (Å²) < 4.78 is 6.91. The maximum atomic E-state index is 5.74. The number of methoxy groups -OCH3 is 1. The molecule has 0 aliphatic carbocycles. The fraction of sp³-hybridized carbons (Fsp3) is 0.625. The summed E-state index contributed by atoms with van der Waals surface area (Å²) in [4.78, 5) is 0. The molecule has 0 aromatic heterocycles. The fourth-order valence-electron chi connectivity index (χ4n) is 2.40. The molecule has 0 spiro atoms. The van der Waals surface area contributed by atoms with Crippen molar-refractivity contribution in [1.29, 1.82) is 0 Å². The number of hydrogen-bond acceptors (Lipinski definition) is 1. The van der Waals surface area contributed by atoms with Gasteiger partial charge in [0.1, 0.15) is 5.75 Å². The van der Waals surface area contributed by atoms with Crippen molar-refractivity contribution < 1.29 is 4.74 Å². The smallest absolute Gasteiger partial charge is 0.126 e. The highest BCUT2D eigenvalue weighted by Gasteiger charge is 2.29. The summed E-state index contributed by atoms with van der Waals surface area (Å²) in [5.41, 5.74) is 3.96. The quantitative estimate of drug-likeness (QED) is 0.678. The third-order valence-corrected chi connectivity index (χ3v) is 4.06. The van der Waals surface area contributed by atoms with Crippen molar-refractivity contribution in [2.75, 3.05) is 7.11 Å². The Bertz CT molecular complexity index is 448. The van der Waals surface area contributed by atoms with Crippen LogP contribution in [0.25, 0.3) is 0 Å². The van der Waals surface area contributed by atoms with Crippen LogP contribution in [-0.4, -0.2) is 7.11 Å². The van der Waals surface area contributed by atoms with E-state index in [9.17, 15) is 0 Å². The summed E-state index contributed by atoms with van der Waals surface area (Å²) in [6.45, 7) is 15.5. The van der Waals surface area contributed by atoms with E-state index < -0.39 is 0 Å². The Kier molecular flexibility index (Phi) is 4.22. The van der Waals surface area contributed by atoms with Crippen molar-refractivity contribution in [2.45, 2.75) is 59.3 Å². The molecule has 0 atom stereocenters. The molecule has 102 valence electrons. The minimum atomic E-state index is 0.0687. The first kappa shape index (κ1) is 15.6. The molecular weight excluding hydrogens is 288 g/mol. The molecule has 2 heteroatoms. The first-order valence-corrected chi connectivity index (χ1v) is 7.17. The van der Waals surface area contributed by atoms with Crippen molar-refractivity contribution in [1.82, 2.24) is 0 Å². The summed E-state index contributed by atoms with van der Waals surface area (Å²) in [5.74, 6) is 1.04. The van der Waals surface area contributed by atoms with E-state index in [4.69, 9.17) is 4.74 Å². The van der Waals surface area contributed by atoms with Gasteiger partial charge in [-0.25, -0.2) is 0 Å². The fourth-order valence-corrected chi connectivity index (χ4v) is 2.82. The predicted molar refractivity (Wildman–Crippen MR) is 82.8 cm³/mol. The molecule has 0 N–H and O–H groups in total. The second-order valence-electron chi connectivity index (χ2n) is 6.94. The van der Waals surface area contributed by atoms with E-state index in [1.165, 1.54) is 16.7 Å². The van der Waals surface area contributed by atoms with Gasteiger partial charge in [-0.1, -0.05) is 57.5 Å². The minimum absolute atomic E-state index is 0.0687. The lowest BCUT2D eigenvalue weighted by molar-refractivity contribution is 0.380. The predicted octanol–water partition coefficient (Wildman–Crippen LogP) is 5.36. The summed E-state index contributed by atoms with van der Waals surface area (Å²) in [7, 11) is 1.77. The van der Waals surface area contributed by atoms with E-state index in [1.807, 2.05) is 0 Å². The van der Waals surface area contributed by atoms with Crippen LogP contribution in [0.1, 0.15) is 58.2 Å². The van der Waals surface area contributed by atoms with Crippen molar-refractivity contribution in [2.24, 2.45) is 0 Å². The van der Waals surface area contributed by atoms with Crippen LogP contribution < -0.4 is 4.74 Å². The molecule has 0 heterocycles. The minimum Gasteiger partial charge on any atom is -0.496 e. The molecule has 1 rings (SSSR count). The van der Waals surface area contributed by atoms with E-state index in [0.29, 0.717) is 0 Å². The van der Waals surface area contributed by atoms with Crippen LogP contribution >= 0.6 is 15.9 Å². The van der Waals surface area contributed by atoms with Gasteiger partial charge in [-0.2, -0.15) is 0 Å². The molecule has 0 aliphatic heterocycles. The highest BCUT2D eigenvalue weighted by Crippen LogP contribution is 2.44. The number of rotatable bonds is 1. The van der Waals surface area contributed by atoms with Crippen LogP contribution in [-0.2, 0) is 10.8 Å². The average Bonchev–Trinajstić information content (AvgIpc) is 2.17. The second-order valence-corrected chi connectivity index (χ2v) is 7.79. The molecule has 0 radical (unpaired) electrons. The highest BCUT2D eigenvalue weighted by molar-refractivity contribution is 9.10. The number of halogens is 1. The molecule has 0 amide bonds. The molecule has 1 aromatic carbocycles. The van der Waals surface area contributed by atoms with Gasteiger partial charge in [0, 0.05) is 15.6 Å². The lowest BCUT2D eigenvalue weighted by Gasteiger charge is -2.31. The lowest BCUT2D eigenvalue weighted by Crippen LogP contribution is -2.20. The number of hydrogen-bond donors (Lipinski definition) is 0. The number of benzene rings is 1. The van der Waals surface area contributed by atoms with Gasteiger partial charge in [0.05, 0.1) is 7.11 Å². The Morgan fingerprint density at radius 1 is 1.00 bits per heavy atom. The molecule has 1 aromatic rings. The van der Waals surface area contributed by atoms with Crippen molar-refractivity contribution in [3.8, 4) is 5.75 Å². The Labute approximate surface area is 120 Å². The molecule has 0 saturated heterocycles. The zero-order chi connectivity index (χ0) is 14.3. The van der Waals surface area contributed by atoms with Crippen molar-refractivity contribution >= 4 is 15.9 Å². The third kappa shape index (κ3) is 2.90. The molecule has 1 nitrogen and oxygen atoms in total. The molecular formula is C16H25BrO. The molecule has 0 aliphatic rings. The highest BCUT2D eigenvalue weighted by atomic mass is 79.9. The average molecular weight is 313 g/mol. The summed E-state index contributed by atoms with van der Waals surface area (Å²) >= 11 is 3.69. The van der Waals surface area contributed by atoms with Crippen LogP contribution in [0.5, 0.6) is 5.75 Å². The van der Waals surface area contributed by atoms with Gasteiger partial charge in [-0.15, -0.1) is 0 Å².